The summed E-state index contributed by atoms with van der Waals surface area (Å²) in [4.78, 5) is 0. The van der Waals surface area contributed by atoms with Crippen LogP contribution in [0.4, 0.5) is 0 Å². The molecule has 0 aromatic heterocycles. The fraction of sp³-hybridized carbons (Fsp3) is 1.00. The number of hydrogen-bond acceptors (Lipinski definition) is 3. The highest BCUT2D eigenvalue weighted by Gasteiger charge is 2.18. The second-order valence-electron chi connectivity index (χ2n) is 4.39. The van der Waals surface area contributed by atoms with Crippen LogP contribution in [-0.2, 0) is 9.73 Å². The molecule has 82 valence electrons. The lowest BCUT2D eigenvalue weighted by atomic mass is 9.99. The summed E-state index contributed by atoms with van der Waals surface area (Å²) in [5.74, 6) is 2.41. The van der Waals surface area contributed by atoms with Gasteiger partial charge in [0.15, 0.2) is 0 Å². The van der Waals surface area contributed by atoms with Crippen LogP contribution >= 0.6 is 0 Å². The van der Waals surface area contributed by atoms with E-state index in [9.17, 15) is 4.21 Å². The smallest absolute Gasteiger partial charge is 0.0513 e. The van der Waals surface area contributed by atoms with Crippen LogP contribution in [0.5, 0.6) is 0 Å². The summed E-state index contributed by atoms with van der Waals surface area (Å²) < 4.78 is 16.5. The quantitative estimate of drug-likeness (QED) is 0.755. The Bertz CT molecular complexity index is 276. The fourth-order valence-electron chi connectivity index (χ4n) is 2.19. The van der Waals surface area contributed by atoms with Gasteiger partial charge in [0, 0.05) is 21.2 Å². The molecule has 2 heterocycles. The van der Waals surface area contributed by atoms with Gasteiger partial charge in [-0.2, -0.15) is 0 Å². The lowest BCUT2D eigenvalue weighted by Crippen LogP contribution is -2.29. The molecule has 1 N–H and O–H groups in total. The first-order valence-electron chi connectivity index (χ1n) is 5.67. The minimum absolute atomic E-state index is 0.690. The van der Waals surface area contributed by atoms with Crippen molar-refractivity contribution < 1.29 is 4.21 Å². The van der Waals surface area contributed by atoms with Crippen LogP contribution in [0.15, 0.2) is 4.36 Å². The first-order chi connectivity index (χ1) is 6.79. The molecule has 0 radical (unpaired) electrons. The van der Waals surface area contributed by atoms with Gasteiger partial charge in [-0.1, -0.05) is 0 Å². The molecule has 2 aliphatic heterocycles. The van der Waals surface area contributed by atoms with Crippen LogP contribution in [-0.4, -0.2) is 35.3 Å². The molecule has 0 unspecified atom stereocenters. The van der Waals surface area contributed by atoms with Crippen LogP contribution in [0.2, 0.25) is 0 Å². The molecule has 0 amide bonds. The number of nitrogens with zero attached hydrogens (tertiary/aromatic N) is 1. The molecule has 4 heteroatoms. The molecule has 0 atom stereocenters. The van der Waals surface area contributed by atoms with Crippen molar-refractivity contribution >= 4 is 9.73 Å². The monoisotopic (exact) mass is 216 g/mol. The topological polar surface area (TPSA) is 41.5 Å². The minimum Gasteiger partial charge on any atom is -0.317 e. The van der Waals surface area contributed by atoms with Crippen molar-refractivity contribution in [1.29, 1.82) is 0 Å². The predicted molar refractivity (Wildman–Crippen MR) is 60.0 cm³/mol. The lowest BCUT2D eigenvalue weighted by molar-refractivity contribution is 0.383. The summed E-state index contributed by atoms with van der Waals surface area (Å²) >= 11 is 0. The summed E-state index contributed by atoms with van der Waals surface area (Å²) in [5, 5.41) is 3.34. The van der Waals surface area contributed by atoms with E-state index in [0.717, 1.165) is 44.0 Å². The van der Waals surface area contributed by atoms with Crippen LogP contribution in [0, 0.1) is 5.92 Å². The van der Waals surface area contributed by atoms with E-state index in [1.165, 1.54) is 12.8 Å². The van der Waals surface area contributed by atoms with Crippen molar-refractivity contribution in [2.24, 2.45) is 10.3 Å². The van der Waals surface area contributed by atoms with Crippen molar-refractivity contribution in [2.45, 2.75) is 25.7 Å². The molecule has 0 bridgehead atoms. The molecular formula is C10H20N2OS. The van der Waals surface area contributed by atoms with Gasteiger partial charge in [-0.3, -0.25) is 0 Å². The Balaban J connectivity index is 1.88. The third kappa shape index (κ3) is 2.70. The zero-order valence-corrected chi connectivity index (χ0v) is 9.52. The second kappa shape index (κ2) is 4.62. The van der Waals surface area contributed by atoms with E-state index in [1.807, 2.05) is 0 Å². The minimum atomic E-state index is -1.75. The third-order valence-corrected chi connectivity index (χ3v) is 5.68. The zero-order chi connectivity index (χ0) is 9.86. The van der Waals surface area contributed by atoms with E-state index in [0.29, 0.717) is 5.92 Å². The predicted octanol–water partition coefficient (Wildman–Crippen LogP) is 1.25. The molecule has 14 heavy (non-hydrogen) atoms. The molecule has 0 aromatic rings. The van der Waals surface area contributed by atoms with Gasteiger partial charge < -0.3 is 5.32 Å². The fourth-order valence-corrected chi connectivity index (χ4v) is 4.45. The normalized spacial score (nSPS) is 27.7. The Morgan fingerprint density at radius 1 is 1.21 bits per heavy atom. The molecule has 0 saturated carbocycles. The number of hydrogen-bond donors (Lipinski definition) is 1. The number of nitrogens with one attached hydrogen (secondary N) is 1. The van der Waals surface area contributed by atoms with Gasteiger partial charge in [0.05, 0.1) is 6.54 Å². The first kappa shape index (κ1) is 10.4. The molecule has 0 aliphatic carbocycles. The van der Waals surface area contributed by atoms with Crippen molar-refractivity contribution in [3.05, 3.63) is 0 Å². The van der Waals surface area contributed by atoms with Gasteiger partial charge in [-0.15, -0.1) is 0 Å². The van der Waals surface area contributed by atoms with Crippen LogP contribution < -0.4 is 5.32 Å². The highest BCUT2D eigenvalue weighted by molar-refractivity contribution is 7.93. The molecule has 0 aromatic carbocycles. The highest BCUT2D eigenvalue weighted by Crippen LogP contribution is 2.17. The maximum Gasteiger partial charge on any atom is 0.0513 e. The van der Waals surface area contributed by atoms with Gasteiger partial charge in [0.1, 0.15) is 0 Å². The molecule has 2 aliphatic rings. The Morgan fingerprint density at radius 3 is 2.50 bits per heavy atom. The van der Waals surface area contributed by atoms with Gasteiger partial charge in [-0.25, -0.2) is 8.57 Å². The Morgan fingerprint density at radius 2 is 1.86 bits per heavy atom. The van der Waals surface area contributed by atoms with Gasteiger partial charge in [0.25, 0.3) is 0 Å². The summed E-state index contributed by atoms with van der Waals surface area (Å²) in [7, 11) is -1.75. The van der Waals surface area contributed by atoms with Crippen molar-refractivity contribution in [3.63, 3.8) is 0 Å². The van der Waals surface area contributed by atoms with E-state index < -0.39 is 9.73 Å². The molecule has 3 nitrogen and oxygen atoms in total. The molecule has 2 rings (SSSR count). The second-order valence-corrected chi connectivity index (χ2v) is 7.01. The van der Waals surface area contributed by atoms with E-state index in [-0.39, 0.29) is 0 Å². The molecule has 2 fully saturated rings. The first-order valence-corrected chi connectivity index (χ1v) is 7.53. The number of rotatable bonds is 2. The molecule has 0 spiro atoms. The average Bonchev–Trinajstić information content (AvgIpc) is 2.65. The summed E-state index contributed by atoms with van der Waals surface area (Å²) in [5.41, 5.74) is 0. The average molecular weight is 216 g/mol. The van der Waals surface area contributed by atoms with E-state index >= 15 is 0 Å². The van der Waals surface area contributed by atoms with Gasteiger partial charge >= 0.3 is 0 Å². The number of piperidine rings is 1. The maximum absolute atomic E-state index is 12.0. The summed E-state index contributed by atoms with van der Waals surface area (Å²) in [6.45, 7) is 3.07. The van der Waals surface area contributed by atoms with E-state index in [2.05, 4.69) is 9.68 Å². The Labute approximate surface area is 86.8 Å². The lowest BCUT2D eigenvalue weighted by Gasteiger charge is -2.20. The van der Waals surface area contributed by atoms with Crippen LogP contribution in [0.3, 0.4) is 0 Å². The largest absolute Gasteiger partial charge is 0.317 e. The molecule has 2 saturated heterocycles. The maximum atomic E-state index is 12.0. The van der Waals surface area contributed by atoms with Crippen LogP contribution in [0.1, 0.15) is 25.7 Å². The van der Waals surface area contributed by atoms with Crippen molar-refractivity contribution in [3.8, 4) is 0 Å². The van der Waals surface area contributed by atoms with Gasteiger partial charge in [0.2, 0.25) is 0 Å². The van der Waals surface area contributed by atoms with Crippen LogP contribution in [0.25, 0.3) is 0 Å². The Kier molecular flexibility index (Phi) is 3.44. The molecular weight excluding hydrogens is 196 g/mol. The Hall–Kier alpha value is -0.0900. The van der Waals surface area contributed by atoms with E-state index in [1.54, 1.807) is 0 Å². The van der Waals surface area contributed by atoms with Crippen molar-refractivity contribution in [2.75, 3.05) is 31.1 Å². The summed E-state index contributed by atoms with van der Waals surface area (Å²) in [6, 6.07) is 0. The summed E-state index contributed by atoms with van der Waals surface area (Å²) in [6.07, 6.45) is 4.65. The highest BCUT2D eigenvalue weighted by atomic mass is 32.2. The van der Waals surface area contributed by atoms with Crippen molar-refractivity contribution in [1.82, 2.24) is 5.32 Å². The zero-order valence-electron chi connectivity index (χ0n) is 8.71. The SMILES string of the molecule is O=S1(=NCC2CCNCC2)CCCC1. The standard InChI is InChI=1S/C10H20N2OS/c13-14(7-1-2-8-14)12-9-10-3-5-11-6-4-10/h10-11H,1-9H2. The third-order valence-electron chi connectivity index (χ3n) is 3.20. The van der Waals surface area contributed by atoms with E-state index in [4.69, 9.17) is 0 Å². The van der Waals surface area contributed by atoms with Gasteiger partial charge in [-0.05, 0) is 44.7 Å².